The lowest BCUT2D eigenvalue weighted by Gasteiger charge is -2.13. The van der Waals surface area contributed by atoms with Gasteiger partial charge in [0.05, 0.1) is 14.6 Å². The van der Waals surface area contributed by atoms with Crippen LogP contribution in [0, 0.1) is 5.82 Å². The van der Waals surface area contributed by atoms with E-state index in [-0.39, 0.29) is 11.7 Å². The summed E-state index contributed by atoms with van der Waals surface area (Å²) in [7, 11) is 1.79. The van der Waals surface area contributed by atoms with Crippen LogP contribution in [-0.4, -0.2) is 17.0 Å². The van der Waals surface area contributed by atoms with E-state index in [1.807, 2.05) is 0 Å². The van der Waals surface area contributed by atoms with Gasteiger partial charge in [0, 0.05) is 12.6 Å². The minimum atomic E-state index is -0.328. The van der Waals surface area contributed by atoms with Gasteiger partial charge in [-0.3, -0.25) is 0 Å². The first-order valence-corrected chi connectivity index (χ1v) is 7.73. The largest absolute Gasteiger partial charge is 0.372 e. The van der Waals surface area contributed by atoms with Crippen molar-refractivity contribution in [2.75, 3.05) is 12.4 Å². The molecule has 1 aromatic carbocycles. The summed E-state index contributed by atoms with van der Waals surface area (Å²) in [6, 6.07) is 4.88. The Labute approximate surface area is 134 Å². The number of halogens is 3. The predicted octanol–water partition coefficient (Wildman–Crippen LogP) is 4.97. The van der Waals surface area contributed by atoms with Crippen LogP contribution in [0.1, 0.15) is 25.5 Å². The van der Waals surface area contributed by atoms with E-state index in [4.69, 9.17) is 0 Å². The third kappa shape index (κ3) is 3.01. The summed E-state index contributed by atoms with van der Waals surface area (Å²) in [4.78, 5) is 8.97. The van der Waals surface area contributed by atoms with Crippen molar-refractivity contribution in [3.63, 3.8) is 0 Å². The fraction of sp³-hybridized carbons (Fsp3) is 0.286. The maximum Gasteiger partial charge on any atom is 0.161 e. The van der Waals surface area contributed by atoms with Crippen molar-refractivity contribution in [1.82, 2.24) is 9.97 Å². The Hall–Kier alpha value is -1.01. The van der Waals surface area contributed by atoms with Crippen molar-refractivity contribution in [1.29, 1.82) is 0 Å². The molecule has 0 saturated heterocycles. The van der Waals surface area contributed by atoms with Crippen LogP contribution in [0.5, 0.6) is 0 Å². The molecule has 1 N–H and O–H groups in total. The third-order valence-corrected chi connectivity index (χ3v) is 4.26. The lowest BCUT2D eigenvalue weighted by atomic mass is 10.1. The smallest absolute Gasteiger partial charge is 0.161 e. The first kappa shape index (κ1) is 15.4. The Morgan fingerprint density at radius 3 is 2.45 bits per heavy atom. The summed E-state index contributed by atoms with van der Waals surface area (Å²) in [6.45, 7) is 4.11. The van der Waals surface area contributed by atoms with E-state index in [9.17, 15) is 4.39 Å². The van der Waals surface area contributed by atoms with Crippen molar-refractivity contribution in [2.24, 2.45) is 0 Å². The number of rotatable bonds is 3. The van der Waals surface area contributed by atoms with Crippen LogP contribution in [0.15, 0.2) is 27.1 Å². The molecule has 3 nitrogen and oxygen atoms in total. The molecular weight excluding hydrogens is 389 g/mol. The molecular formula is C14H14Br2FN3. The van der Waals surface area contributed by atoms with Gasteiger partial charge in [0.2, 0.25) is 0 Å². The van der Waals surface area contributed by atoms with Crippen LogP contribution in [0.25, 0.3) is 11.4 Å². The highest BCUT2D eigenvalue weighted by molar-refractivity contribution is 9.11. The van der Waals surface area contributed by atoms with Gasteiger partial charge in [-0.05, 0) is 56.0 Å². The highest BCUT2D eigenvalue weighted by atomic mass is 79.9. The van der Waals surface area contributed by atoms with Gasteiger partial charge in [-0.25, -0.2) is 14.4 Å². The number of hydrogen-bond donors (Lipinski definition) is 1. The number of nitrogens with zero attached hydrogens (tertiary/aromatic N) is 2. The second-order valence-corrected chi connectivity index (χ2v) is 6.28. The summed E-state index contributed by atoms with van der Waals surface area (Å²) < 4.78 is 14.9. The standard InChI is InChI=1S/C14H14Br2FN3/c1-7(2)12-11(16)14(18-3)20-13(19-12)8-4-5-9(15)10(17)6-8/h4-7H,1-3H3,(H,18,19,20). The van der Waals surface area contributed by atoms with Crippen molar-refractivity contribution in [2.45, 2.75) is 19.8 Å². The first-order chi connectivity index (χ1) is 9.43. The van der Waals surface area contributed by atoms with Gasteiger partial charge in [0.15, 0.2) is 5.82 Å². The maximum atomic E-state index is 13.7. The van der Waals surface area contributed by atoms with Crippen molar-refractivity contribution in [3.8, 4) is 11.4 Å². The fourth-order valence-corrected chi connectivity index (χ4v) is 2.86. The van der Waals surface area contributed by atoms with E-state index >= 15 is 0 Å². The van der Waals surface area contributed by atoms with Gasteiger partial charge in [0.25, 0.3) is 0 Å². The summed E-state index contributed by atoms with van der Waals surface area (Å²) in [6.07, 6.45) is 0. The Morgan fingerprint density at radius 1 is 1.20 bits per heavy atom. The Kier molecular flexibility index (Phi) is 4.75. The van der Waals surface area contributed by atoms with Crippen LogP contribution < -0.4 is 5.32 Å². The second kappa shape index (κ2) is 6.18. The van der Waals surface area contributed by atoms with E-state index in [2.05, 4.69) is 61.0 Å². The molecule has 0 aliphatic rings. The molecule has 0 atom stereocenters. The predicted molar refractivity (Wildman–Crippen MR) is 86.5 cm³/mol. The summed E-state index contributed by atoms with van der Waals surface area (Å²) in [5.74, 6) is 1.11. The van der Waals surface area contributed by atoms with Crippen molar-refractivity contribution in [3.05, 3.63) is 38.7 Å². The van der Waals surface area contributed by atoms with E-state index < -0.39 is 0 Å². The van der Waals surface area contributed by atoms with Gasteiger partial charge in [-0.1, -0.05) is 13.8 Å². The van der Waals surface area contributed by atoms with Gasteiger partial charge in [-0.15, -0.1) is 0 Å². The van der Waals surface area contributed by atoms with Crippen molar-refractivity contribution >= 4 is 37.7 Å². The average molecular weight is 403 g/mol. The normalized spacial score (nSPS) is 10.9. The van der Waals surface area contributed by atoms with Crippen LogP contribution in [0.3, 0.4) is 0 Å². The molecule has 0 unspecified atom stereocenters. The van der Waals surface area contributed by atoms with E-state index in [0.717, 1.165) is 10.2 Å². The van der Waals surface area contributed by atoms with E-state index in [1.54, 1.807) is 19.2 Å². The van der Waals surface area contributed by atoms with E-state index in [1.165, 1.54) is 6.07 Å². The zero-order valence-electron chi connectivity index (χ0n) is 11.3. The molecule has 0 saturated carbocycles. The van der Waals surface area contributed by atoms with Gasteiger partial charge in [0.1, 0.15) is 11.6 Å². The van der Waals surface area contributed by atoms with Crippen LogP contribution >= 0.6 is 31.9 Å². The fourth-order valence-electron chi connectivity index (χ4n) is 1.78. The molecule has 0 amide bonds. The molecule has 0 aliphatic heterocycles. The molecule has 0 radical (unpaired) electrons. The highest BCUT2D eigenvalue weighted by Gasteiger charge is 2.15. The Morgan fingerprint density at radius 2 is 1.90 bits per heavy atom. The Bertz CT molecular complexity index is 645. The van der Waals surface area contributed by atoms with Gasteiger partial charge < -0.3 is 5.32 Å². The molecule has 1 aromatic heterocycles. The van der Waals surface area contributed by atoms with Crippen LogP contribution in [-0.2, 0) is 0 Å². The molecule has 2 aromatic rings. The lowest BCUT2D eigenvalue weighted by Crippen LogP contribution is -2.04. The summed E-state index contributed by atoms with van der Waals surface area (Å²) >= 11 is 6.65. The molecule has 106 valence electrons. The molecule has 6 heteroatoms. The number of benzene rings is 1. The zero-order valence-corrected chi connectivity index (χ0v) is 14.5. The molecule has 0 aliphatic carbocycles. The van der Waals surface area contributed by atoms with Gasteiger partial charge in [-0.2, -0.15) is 0 Å². The minimum absolute atomic E-state index is 0.235. The summed E-state index contributed by atoms with van der Waals surface area (Å²) in [5.41, 5.74) is 1.54. The third-order valence-electron chi connectivity index (χ3n) is 2.84. The Balaban J connectivity index is 2.61. The molecule has 20 heavy (non-hydrogen) atoms. The first-order valence-electron chi connectivity index (χ1n) is 6.14. The minimum Gasteiger partial charge on any atom is -0.372 e. The number of aromatic nitrogens is 2. The monoisotopic (exact) mass is 401 g/mol. The molecule has 0 spiro atoms. The quantitative estimate of drug-likeness (QED) is 0.787. The SMILES string of the molecule is CNc1nc(-c2ccc(Br)c(F)c2)nc(C(C)C)c1Br. The van der Waals surface area contributed by atoms with Gasteiger partial charge >= 0.3 is 0 Å². The molecule has 0 fully saturated rings. The number of hydrogen-bond acceptors (Lipinski definition) is 3. The van der Waals surface area contributed by atoms with E-state index in [0.29, 0.717) is 21.7 Å². The van der Waals surface area contributed by atoms with Crippen LogP contribution in [0.2, 0.25) is 0 Å². The topological polar surface area (TPSA) is 37.8 Å². The summed E-state index contributed by atoms with van der Waals surface area (Å²) in [5, 5.41) is 3.03. The molecule has 2 rings (SSSR count). The van der Waals surface area contributed by atoms with Crippen molar-refractivity contribution < 1.29 is 4.39 Å². The molecule has 0 bridgehead atoms. The number of anilines is 1. The lowest BCUT2D eigenvalue weighted by molar-refractivity contribution is 0.621. The highest BCUT2D eigenvalue weighted by Crippen LogP contribution is 2.31. The molecule has 1 heterocycles. The average Bonchev–Trinajstić information content (AvgIpc) is 2.42. The maximum absolute atomic E-state index is 13.7. The second-order valence-electron chi connectivity index (χ2n) is 4.63. The number of nitrogens with one attached hydrogen (secondary N) is 1. The zero-order chi connectivity index (χ0) is 14.9. The van der Waals surface area contributed by atoms with Crippen LogP contribution in [0.4, 0.5) is 10.2 Å².